The van der Waals surface area contributed by atoms with E-state index < -0.39 is 0 Å². The van der Waals surface area contributed by atoms with Gasteiger partial charge < -0.3 is 5.32 Å². The van der Waals surface area contributed by atoms with Crippen LogP contribution in [0.4, 0.5) is 0 Å². The van der Waals surface area contributed by atoms with E-state index in [0.29, 0.717) is 0 Å². The van der Waals surface area contributed by atoms with Crippen LogP contribution in [0.15, 0.2) is 0 Å². The summed E-state index contributed by atoms with van der Waals surface area (Å²) >= 11 is 2.14. The van der Waals surface area contributed by atoms with Gasteiger partial charge in [-0.3, -0.25) is 0 Å². The normalized spacial score (nSPS) is 33.2. The van der Waals surface area contributed by atoms with Gasteiger partial charge in [0.2, 0.25) is 0 Å². The summed E-state index contributed by atoms with van der Waals surface area (Å²) in [6.07, 6.45) is 5.88. The van der Waals surface area contributed by atoms with E-state index in [-0.39, 0.29) is 0 Å². The number of hydrogen-bond acceptors (Lipinski definition) is 2. The molecule has 0 amide bonds. The lowest BCUT2D eigenvalue weighted by Crippen LogP contribution is -2.43. The van der Waals surface area contributed by atoms with Crippen LogP contribution in [0, 0.1) is 11.8 Å². The Kier molecular flexibility index (Phi) is 2.97. The van der Waals surface area contributed by atoms with Crippen molar-refractivity contribution in [1.82, 2.24) is 5.32 Å². The van der Waals surface area contributed by atoms with Crippen molar-refractivity contribution in [3.05, 3.63) is 0 Å². The van der Waals surface area contributed by atoms with E-state index in [0.717, 1.165) is 17.9 Å². The Morgan fingerprint density at radius 2 is 2.08 bits per heavy atom. The van der Waals surface area contributed by atoms with Gasteiger partial charge in [0, 0.05) is 6.04 Å². The van der Waals surface area contributed by atoms with Gasteiger partial charge in [0.1, 0.15) is 0 Å². The van der Waals surface area contributed by atoms with Crippen molar-refractivity contribution in [2.24, 2.45) is 11.8 Å². The summed E-state index contributed by atoms with van der Waals surface area (Å²) in [5.74, 6) is 4.79. The minimum Gasteiger partial charge on any atom is -0.316 e. The van der Waals surface area contributed by atoms with Gasteiger partial charge in [0.05, 0.1) is 0 Å². The fourth-order valence-corrected chi connectivity index (χ4v) is 3.80. The van der Waals surface area contributed by atoms with E-state index in [1.54, 1.807) is 0 Å². The van der Waals surface area contributed by atoms with Crippen molar-refractivity contribution in [2.75, 3.05) is 18.6 Å². The molecule has 1 heterocycles. The Hall–Kier alpha value is 0.310. The average molecular weight is 185 g/mol. The molecule has 2 unspecified atom stereocenters. The highest BCUT2D eigenvalue weighted by molar-refractivity contribution is 7.99. The van der Waals surface area contributed by atoms with Crippen molar-refractivity contribution in [2.45, 2.75) is 31.7 Å². The lowest BCUT2D eigenvalue weighted by atomic mass is 9.75. The standard InChI is InChI=1S/C10H19NS/c1-11-10(8-3-2-4-8)9-5-6-12-7-9/h8-11H,2-7H2,1H3. The smallest absolute Gasteiger partial charge is 0.0129 e. The molecule has 0 spiro atoms. The number of rotatable bonds is 3. The second-order valence-electron chi connectivity index (χ2n) is 4.13. The second kappa shape index (κ2) is 4.01. The summed E-state index contributed by atoms with van der Waals surface area (Å²) in [6.45, 7) is 0. The van der Waals surface area contributed by atoms with Crippen molar-refractivity contribution in [1.29, 1.82) is 0 Å². The maximum Gasteiger partial charge on any atom is 0.0129 e. The molecule has 1 aliphatic heterocycles. The molecule has 2 aliphatic rings. The molecule has 2 atom stereocenters. The zero-order valence-corrected chi connectivity index (χ0v) is 8.70. The minimum atomic E-state index is 0.841. The maximum atomic E-state index is 3.53. The van der Waals surface area contributed by atoms with Gasteiger partial charge in [-0.25, -0.2) is 0 Å². The Balaban J connectivity index is 1.87. The Morgan fingerprint density at radius 1 is 1.25 bits per heavy atom. The first-order valence-electron chi connectivity index (χ1n) is 5.17. The quantitative estimate of drug-likeness (QED) is 0.723. The number of thioether (sulfide) groups is 1. The summed E-state index contributed by atoms with van der Waals surface area (Å²) in [5.41, 5.74) is 0. The highest BCUT2D eigenvalue weighted by Gasteiger charge is 2.33. The van der Waals surface area contributed by atoms with Gasteiger partial charge in [-0.05, 0) is 49.7 Å². The van der Waals surface area contributed by atoms with Crippen LogP contribution < -0.4 is 5.32 Å². The summed E-state index contributed by atoms with van der Waals surface area (Å²) < 4.78 is 0. The summed E-state index contributed by atoms with van der Waals surface area (Å²) in [6, 6.07) is 0.841. The second-order valence-corrected chi connectivity index (χ2v) is 5.28. The molecule has 2 fully saturated rings. The monoisotopic (exact) mass is 185 g/mol. The molecule has 0 aromatic rings. The Morgan fingerprint density at radius 3 is 2.50 bits per heavy atom. The highest BCUT2D eigenvalue weighted by atomic mass is 32.2. The van der Waals surface area contributed by atoms with Crippen LogP contribution in [0.3, 0.4) is 0 Å². The topological polar surface area (TPSA) is 12.0 Å². The third kappa shape index (κ3) is 1.64. The predicted octanol–water partition coefficient (Wildman–Crippen LogP) is 2.13. The van der Waals surface area contributed by atoms with Crippen LogP contribution in [0.25, 0.3) is 0 Å². The number of nitrogens with one attached hydrogen (secondary N) is 1. The van der Waals surface area contributed by atoms with Crippen molar-refractivity contribution < 1.29 is 0 Å². The first kappa shape index (κ1) is 8.89. The molecule has 2 rings (SSSR count). The Labute approximate surface area is 79.7 Å². The van der Waals surface area contributed by atoms with Gasteiger partial charge in [0.15, 0.2) is 0 Å². The van der Waals surface area contributed by atoms with Gasteiger partial charge >= 0.3 is 0 Å². The molecule has 70 valence electrons. The molecule has 1 saturated carbocycles. The van der Waals surface area contributed by atoms with E-state index in [2.05, 4.69) is 24.1 Å². The van der Waals surface area contributed by atoms with Gasteiger partial charge in [-0.1, -0.05) is 6.42 Å². The van der Waals surface area contributed by atoms with Gasteiger partial charge in [-0.2, -0.15) is 11.8 Å². The van der Waals surface area contributed by atoms with E-state index in [1.807, 2.05) is 0 Å². The van der Waals surface area contributed by atoms with E-state index in [9.17, 15) is 0 Å². The molecule has 1 nitrogen and oxygen atoms in total. The van der Waals surface area contributed by atoms with Crippen LogP contribution >= 0.6 is 11.8 Å². The first-order valence-corrected chi connectivity index (χ1v) is 6.32. The minimum absolute atomic E-state index is 0.841. The van der Waals surface area contributed by atoms with Crippen molar-refractivity contribution in [3.63, 3.8) is 0 Å². The average Bonchev–Trinajstić information content (AvgIpc) is 2.47. The van der Waals surface area contributed by atoms with E-state index in [1.165, 1.54) is 37.2 Å². The molecule has 1 saturated heterocycles. The molecule has 12 heavy (non-hydrogen) atoms. The van der Waals surface area contributed by atoms with Crippen LogP contribution in [0.2, 0.25) is 0 Å². The molecular weight excluding hydrogens is 166 g/mol. The summed E-state index contributed by atoms with van der Waals surface area (Å²) in [5, 5.41) is 3.53. The molecule has 0 aromatic heterocycles. The van der Waals surface area contributed by atoms with E-state index >= 15 is 0 Å². The zero-order valence-electron chi connectivity index (χ0n) is 7.88. The molecule has 0 bridgehead atoms. The maximum absolute atomic E-state index is 3.53. The van der Waals surface area contributed by atoms with Gasteiger partial charge in [0.25, 0.3) is 0 Å². The fourth-order valence-electron chi connectivity index (χ4n) is 2.49. The molecule has 1 N–H and O–H groups in total. The molecule has 0 aromatic carbocycles. The van der Waals surface area contributed by atoms with Gasteiger partial charge in [-0.15, -0.1) is 0 Å². The lowest BCUT2D eigenvalue weighted by molar-refractivity contribution is 0.191. The molecule has 2 heteroatoms. The highest BCUT2D eigenvalue weighted by Crippen LogP contribution is 2.37. The zero-order chi connectivity index (χ0) is 8.39. The van der Waals surface area contributed by atoms with Crippen LogP contribution in [-0.4, -0.2) is 24.6 Å². The van der Waals surface area contributed by atoms with Crippen LogP contribution in [-0.2, 0) is 0 Å². The molecular formula is C10H19NS. The third-order valence-corrected chi connectivity index (χ3v) is 4.65. The van der Waals surface area contributed by atoms with Crippen molar-refractivity contribution in [3.8, 4) is 0 Å². The summed E-state index contributed by atoms with van der Waals surface area (Å²) in [7, 11) is 2.14. The molecule has 1 aliphatic carbocycles. The first-order chi connectivity index (χ1) is 5.92. The largest absolute Gasteiger partial charge is 0.316 e. The lowest BCUT2D eigenvalue weighted by Gasteiger charge is -2.37. The third-order valence-electron chi connectivity index (χ3n) is 3.46. The molecule has 0 radical (unpaired) electrons. The van der Waals surface area contributed by atoms with E-state index in [4.69, 9.17) is 0 Å². The number of hydrogen-bond donors (Lipinski definition) is 1. The van der Waals surface area contributed by atoms with Crippen LogP contribution in [0.5, 0.6) is 0 Å². The SMILES string of the molecule is CNC(C1CCC1)C1CCSC1. The van der Waals surface area contributed by atoms with Crippen molar-refractivity contribution >= 4 is 11.8 Å². The predicted molar refractivity (Wildman–Crippen MR) is 55.6 cm³/mol. The Bertz CT molecular complexity index is 139. The summed E-state index contributed by atoms with van der Waals surface area (Å²) in [4.78, 5) is 0. The van der Waals surface area contributed by atoms with Crippen LogP contribution in [0.1, 0.15) is 25.7 Å². The fraction of sp³-hybridized carbons (Fsp3) is 1.00.